The fourth-order valence-corrected chi connectivity index (χ4v) is 7.03. The minimum Gasteiger partial charge on any atom is -0.457 e. The smallest absolute Gasteiger partial charge is 0.363 e. The van der Waals surface area contributed by atoms with Crippen LogP contribution in [0.4, 0.5) is 16.0 Å². The lowest BCUT2D eigenvalue weighted by atomic mass is 9.95. The van der Waals surface area contributed by atoms with Gasteiger partial charge in [-0.15, -0.1) is 4.68 Å². The number of benzene rings is 2. The Kier molecular flexibility index (Phi) is 9.42. The van der Waals surface area contributed by atoms with Gasteiger partial charge in [0.2, 0.25) is 6.33 Å². The number of anilines is 1. The van der Waals surface area contributed by atoms with Crippen molar-refractivity contribution in [1.82, 2.24) is 24.7 Å². The Hall–Kier alpha value is -5.03. The van der Waals surface area contributed by atoms with Crippen molar-refractivity contribution in [3.05, 3.63) is 83.5 Å². The van der Waals surface area contributed by atoms with Crippen LogP contribution in [0.1, 0.15) is 37.8 Å². The topological polar surface area (TPSA) is 136 Å². The van der Waals surface area contributed by atoms with Crippen LogP contribution < -0.4 is 10.5 Å². The summed E-state index contributed by atoms with van der Waals surface area (Å²) in [6.07, 6.45) is 6.62. The molecular weight excluding hydrogens is 637 g/mol. The first-order valence-corrected chi connectivity index (χ1v) is 17.1. The molecule has 0 aliphatic carbocycles. The molecule has 2 aromatic carbocycles. The fraction of sp³-hybridized carbons (Fsp3) is 0.405. The first kappa shape index (κ1) is 33.5. The van der Waals surface area contributed by atoms with E-state index in [2.05, 4.69) is 39.7 Å². The Morgan fingerprint density at radius 1 is 1.10 bits per heavy atom. The second-order valence-electron chi connectivity index (χ2n) is 13.6. The molecule has 1 unspecified atom stereocenters. The normalized spacial score (nSPS) is 21.4. The number of nitrogen functional groups attached to an aromatic ring is 1. The van der Waals surface area contributed by atoms with Crippen LogP contribution in [0.2, 0.25) is 0 Å². The summed E-state index contributed by atoms with van der Waals surface area (Å²) in [4.78, 5) is 28.9. The molecule has 13 heteroatoms. The van der Waals surface area contributed by atoms with Crippen molar-refractivity contribution >= 4 is 29.5 Å². The van der Waals surface area contributed by atoms with Gasteiger partial charge in [0.25, 0.3) is 5.91 Å². The van der Waals surface area contributed by atoms with Gasteiger partial charge < -0.3 is 20.1 Å². The van der Waals surface area contributed by atoms with E-state index in [1.165, 1.54) is 12.4 Å². The van der Waals surface area contributed by atoms with Gasteiger partial charge in [0.15, 0.2) is 0 Å². The summed E-state index contributed by atoms with van der Waals surface area (Å²) in [6.45, 7) is 10.3. The maximum Gasteiger partial charge on any atom is 0.363 e. The van der Waals surface area contributed by atoms with Crippen LogP contribution >= 0.6 is 0 Å². The van der Waals surface area contributed by atoms with E-state index in [9.17, 15) is 10.1 Å². The Bertz CT molecular complexity index is 1890. The highest BCUT2D eigenvalue weighted by Gasteiger charge is 2.37. The third-order valence-electron chi connectivity index (χ3n) is 9.90. The van der Waals surface area contributed by atoms with Gasteiger partial charge in [-0.3, -0.25) is 14.6 Å². The molecule has 258 valence electrons. The van der Waals surface area contributed by atoms with Gasteiger partial charge in [-0.05, 0) is 62.0 Å². The molecule has 5 heterocycles. The lowest BCUT2D eigenvalue weighted by Crippen LogP contribution is -2.59. The van der Waals surface area contributed by atoms with Crippen LogP contribution in [0.15, 0.2) is 71.6 Å². The van der Waals surface area contributed by atoms with Gasteiger partial charge >= 0.3 is 5.82 Å². The number of fused-ring (bicyclic) bond motifs is 1. The zero-order chi connectivity index (χ0) is 34.8. The number of aromatic nitrogens is 2. The van der Waals surface area contributed by atoms with Crippen molar-refractivity contribution in [3.63, 3.8) is 0 Å². The molecule has 50 heavy (non-hydrogen) atoms. The molecule has 3 aromatic rings. The lowest BCUT2D eigenvalue weighted by molar-refractivity contribution is -0.442. The number of nitriles is 1. The molecule has 12 nitrogen and oxygen atoms in total. The van der Waals surface area contributed by atoms with Gasteiger partial charge in [0.05, 0.1) is 19.3 Å². The van der Waals surface area contributed by atoms with E-state index in [0.29, 0.717) is 47.7 Å². The van der Waals surface area contributed by atoms with Crippen molar-refractivity contribution in [1.29, 1.82) is 5.26 Å². The summed E-state index contributed by atoms with van der Waals surface area (Å²) in [5.41, 5.74) is 6.95. The maximum atomic E-state index is 15.6. The molecule has 4 aliphatic heterocycles. The molecule has 3 saturated heterocycles. The number of piperidine rings is 1. The number of carbonyl (C=O) groups excluding carboxylic acids is 1. The summed E-state index contributed by atoms with van der Waals surface area (Å²) >= 11 is 0. The van der Waals surface area contributed by atoms with Gasteiger partial charge in [-0.1, -0.05) is 23.3 Å². The third-order valence-corrected chi connectivity index (χ3v) is 9.90. The Balaban J connectivity index is 1.08. The van der Waals surface area contributed by atoms with Crippen molar-refractivity contribution < 1.29 is 23.3 Å². The second kappa shape index (κ2) is 14.1. The van der Waals surface area contributed by atoms with Gasteiger partial charge in [0, 0.05) is 62.4 Å². The van der Waals surface area contributed by atoms with Crippen LogP contribution in [-0.2, 0) is 9.53 Å². The first-order chi connectivity index (χ1) is 24.2. The molecule has 2 N–H and O–H groups in total. The SMILES string of the molecule is CC(C)(/C=C(\C#N)C(=O)N1CCCC(/C=[N+]2/N=C(c3ccc(Oc4ccccc4)cc3F)c3c(N)ncnc32)C1)N1CCN(C2COC2)CC1. The lowest BCUT2D eigenvalue weighted by Gasteiger charge is -2.46. The molecule has 4 aliphatic rings. The van der Waals surface area contributed by atoms with Crippen molar-refractivity contribution in [2.24, 2.45) is 11.0 Å². The van der Waals surface area contributed by atoms with Gasteiger partial charge in [-0.2, -0.15) is 10.2 Å². The molecule has 0 radical (unpaired) electrons. The number of para-hydroxylation sites is 1. The number of hydrazone groups is 1. The van der Waals surface area contributed by atoms with E-state index >= 15 is 4.39 Å². The number of piperazine rings is 1. The first-order valence-electron chi connectivity index (χ1n) is 17.1. The van der Waals surface area contributed by atoms with Crippen molar-refractivity contribution in [3.8, 4) is 17.6 Å². The van der Waals surface area contributed by atoms with Crippen LogP contribution in [0.3, 0.4) is 0 Å². The van der Waals surface area contributed by atoms with E-state index in [-0.39, 0.29) is 28.8 Å². The number of amides is 1. The van der Waals surface area contributed by atoms with E-state index < -0.39 is 11.4 Å². The Morgan fingerprint density at radius 3 is 2.58 bits per heavy atom. The minimum atomic E-state index is -0.531. The van der Waals surface area contributed by atoms with E-state index in [4.69, 9.17) is 20.3 Å². The van der Waals surface area contributed by atoms with Crippen LogP contribution in [0.5, 0.6) is 11.5 Å². The van der Waals surface area contributed by atoms with Crippen LogP contribution in [-0.4, -0.2) is 111 Å². The minimum absolute atomic E-state index is 0.0946. The molecule has 0 saturated carbocycles. The molecule has 1 atom stereocenters. The molecule has 1 aromatic heterocycles. The second-order valence-corrected chi connectivity index (χ2v) is 13.6. The number of ether oxygens (including phenoxy) is 2. The molecular formula is C37H41FN9O3+. The number of nitrogens with two attached hydrogens (primary N) is 1. The van der Waals surface area contributed by atoms with Crippen molar-refractivity contribution in [2.75, 3.05) is 58.2 Å². The number of halogens is 1. The monoisotopic (exact) mass is 678 g/mol. The summed E-state index contributed by atoms with van der Waals surface area (Å²) in [6, 6.07) is 16.4. The highest BCUT2D eigenvalue weighted by Crippen LogP contribution is 2.33. The number of nitrogens with zero attached hydrogens (tertiary/aromatic N) is 8. The van der Waals surface area contributed by atoms with Gasteiger partial charge in [0.1, 0.15) is 52.3 Å². The standard InChI is InChI=1S/C37H41FN9O3/c1-37(2,46-15-13-44(14-16-46)27-22-49-23-27)18-26(19-39)36(48)45-12-6-7-25(20-45)21-47-35-32(34(40)41-24-42-35)33(43-47)30-11-10-29(17-31(30)38)50-28-8-4-3-5-9-28/h3-5,8-11,17-18,21,24-25,27H,6-7,12-16,20,22-23H2,1-2H3,(H2,40,41,42)/q+1/b26-18+,47-21+. The highest BCUT2D eigenvalue weighted by molar-refractivity contribution is 6.18. The highest BCUT2D eigenvalue weighted by atomic mass is 19.1. The maximum absolute atomic E-state index is 15.6. The third kappa shape index (κ3) is 6.87. The quantitative estimate of drug-likeness (QED) is 0.213. The number of hydrogen-bond acceptors (Lipinski definition) is 10. The summed E-state index contributed by atoms with van der Waals surface area (Å²) < 4.78 is 28.4. The summed E-state index contributed by atoms with van der Waals surface area (Å²) in [7, 11) is 0. The van der Waals surface area contributed by atoms with Crippen LogP contribution in [0.25, 0.3) is 0 Å². The number of hydrogen-bond donors (Lipinski definition) is 1. The molecule has 1 amide bonds. The average Bonchev–Trinajstić information content (AvgIpc) is 3.46. The predicted molar refractivity (Wildman–Crippen MR) is 186 cm³/mol. The van der Waals surface area contributed by atoms with Crippen molar-refractivity contribution in [2.45, 2.75) is 38.3 Å². The van der Waals surface area contributed by atoms with E-state index in [1.54, 1.807) is 33.8 Å². The Labute approximate surface area is 290 Å². The van der Waals surface area contributed by atoms with E-state index in [1.807, 2.05) is 30.5 Å². The summed E-state index contributed by atoms with van der Waals surface area (Å²) in [5.74, 6) is 0.653. The molecule has 3 fully saturated rings. The van der Waals surface area contributed by atoms with Gasteiger partial charge in [-0.25, -0.2) is 4.39 Å². The number of likely N-dealkylation sites (tertiary alicyclic amines) is 1. The number of rotatable bonds is 8. The Morgan fingerprint density at radius 2 is 1.88 bits per heavy atom. The zero-order valence-electron chi connectivity index (χ0n) is 28.3. The summed E-state index contributed by atoms with van der Waals surface area (Å²) in [5, 5.41) is 14.9. The predicted octanol–water partition coefficient (Wildman–Crippen LogP) is 3.95. The van der Waals surface area contributed by atoms with E-state index in [0.717, 1.165) is 52.2 Å². The largest absolute Gasteiger partial charge is 0.457 e. The molecule has 0 spiro atoms. The number of carbonyl (C=O) groups is 1. The fourth-order valence-electron chi connectivity index (χ4n) is 7.03. The molecule has 7 rings (SSSR count). The average molecular weight is 679 g/mol. The van der Waals surface area contributed by atoms with Crippen LogP contribution in [0, 0.1) is 23.1 Å². The zero-order valence-corrected chi connectivity index (χ0v) is 28.3. The molecule has 0 bridgehead atoms.